The largest absolute Gasteiger partial charge is 0.342 e. The van der Waals surface area contributed by atoms with Gasteiger partial charge in [0, 0.05) is 41.3 Å². The van der Waals surface area contributed by atoms with Crippen molar-refractivity contribution in [1.82, 2.24) is 4.57 Å². The number of para-hydroxylation sites is 1. The van der Waals surface area contributed by atoms with Crippen molar-refractivity contribution in [2.75, 3.05) is 4.90 Å². The molecule has 0 spiro atoms. The first-order chi connectivity index (χ1) is 16.4. The first-order valence-electron chi connectivity index (χ1n) is 10.6. The summed E-state index contributed by atoms with van der Waals surface area (Å²) in [5.74, 6) is -0.237. The van der Waals surface area contributed by atoms with Crippen LogP contribution >= 0.6 is 24.0 Å². The number of non-ortho nitro benzene ring substituents is 1. The predicted molar refractivity (Wildman–Crippen MR) is 141 cm³/mol. The van der Waals surface area contributed by atoms with E-state index >= 15 is 0 Å². The number of benzene rings is 3. The normalized spacial score (nSPS) is 15.0. The monoisotopic (exact) mass is 485 g/mol. The van der Waals surface area contributed by atoms with Gasteiger partial charge in [0.2, 0.25) is 0 Å². The van der Waals surface area contributed by atoms with E-state index in [0.29, 0.717) is 14.9 Å². The van der Waals surface area contributed by atoms with E-state index in [1.54, 1.807) is 12.1 Å². The molecule has 1 amide bonds. The second-order valence-electron chi connectivity index (χ2n) is 8.01. The number of aryl methyl sites for hydroxylation is 1. The summed E-state index contributed by atoms with van der Waals surface area (Å²) in [5, 5.41) is 12.0. The van der Waals surface area contributed by atoms with E-state index in [4.69, 9.17) is 12.2 Å². The summed E-state index contributed by atoms with van der Waals surface area (Å²) in [6, 6.07) is 22.4. The van der Waals surface area contributed by atoms with E-state index in [1.165, 1.54) is 39.9 Å². The average molecular weight is 486 g/mol. The highest BCUT2D eigenvalue weighted by molar-refractivity contribution is 8.27. The third kappa shape index (κ3) is 4.13. The number of anilines is 1. The van der Waals surface area contributed by atoms with Gasteiger partial charge in [-0.15, -0.1) is 0 Å². The number of hydrogen-bond donors (Lipinski definition) is 0. The standard InChI is InChI=1S/C26H19N3O3S2/c1-17-6-8-18(9-7-17)15-27-16-19(22-4-2-3-5-23(22)27)14-24-25(30)28(26(33)34-24)20-10-12-21(13-11-20)29(31)32/h2-14,16H,15H2,1H3/b24-14+. The molecule has 4 aromatic rings. The van der Waals surface area contributed by atoms with Crippen LogP contribution in [0.3, 0.4) is 0 Å². The molecule has 5 rings (SSSR count). The van der Waals surface area contributed by atoms with Gasteiger partial charge < -0.3 is 4.57 Å². The van der Waals surface area contributed by atoms with Crippen LogP contribution in [0.25, 0.3) is 17.0 Å². The Labute approximate surface area is 205 Å². The molecule has 2 heterocycles. The molecule has 1 aromatic heterocycles. The number of thiocarbonyl (C=S) groups is 1. The van der Waals surface area contributed by atoms with Gasteiger partial charge in [-0.2, -0.15) is 0 Å². The van der Waals surface area contributed by atoms with Crippen LogP contribution in [-0.4, -0.2) is 19.7 Å². The van der Waals surface area contributed by atoms with E-state index in [9.17, 15) is 14.9 Å². The molecule has 1 saturated heterocycles. The van der Waals surface area contributed by atoms with Crippen LogP contribution in [0.15, 0.2) is 83.9 Å². The number of fused-ring (bicyclic) bond motifs is 1. The van der Waals surface area contributed by atoms with Crippen LogP contribution in [0.5, 0.6) is 0 Å². The van der Waals surface area contributed by atoms with Gasteiger partial charge in [-0.3, -0.25) is 19.8 Å². The second kappa shape index (κ2) is 8.89. The van der Waals surface area contributed by atoms with Crippen molar-refractivity contribution >= 4 is 62.6 Å². The molecule has 0 unspecified atom stereocenters. The van der Waals surface area contributed by atoms with Gasteiger partial charge in [0.1, 0.15) is 0 Å². The number of carbonyl (C=O) groups excluding carboxylic acids is 1. The first kappa shape index (κ1) is 22.1. The topological polar surface area (TPSA) is 68.4 Å². The van der Waals surface area contributed by atoms with Gasteiger partial charge in [-0.05, 0) is 36.8 Å². The van der Waals surface area contributed by atoms with Crippen molar-refractivity contribution in [1.29, 1.82) is 0 Å². The van der Waals surface area contributed by atoms with Crippen LogP contribution in [0, 0.1) is 17.0 Å². The molecule has 8 heteroatoms. The Bertz CT molecular complexity index is 1470. The second-order valence-corrected chi connectivity index (χ2v) is 9.68. The lowest BCUT2D eigenvalue weighted by molar-refractivity contribution is -0.384. The maximum absolute atomic E-state index is 13.2. The molecule has 34 heavy (non-hydrogen) atoms. The van der Waals surface area contributed by atoms with Gasteiger partial charge in [-0.1, -0.05) is 72.0 Å². The van der Waals surface area contributed by atoms with E-state index in [0.717, 1.165) is 23.0 Å². The fraction of sp³-hybridized carbons (Fsp3) is 0.0769. The Morgan fingerprint density at radius 1 is 1.03 bits per heavy atom. The molecule has 3 aromatic carbocycles. The van der Waals surface area contributed by atoms with Crippen LogP contribution in [-0.2, 0) is 11.3 Å². The van der Waals surface area contributed by atoms with Crippen molar-refractivity contribution in [2.24, 2.45) is 0 Å². The Hall–Kier alpha value is -3.75. The summed E-state index contributed by atoms with van der Waals surface area (Å²) in [5.41, 5.74) is 4.91. The summed E-state index contributed by atoms with van der Waals surface area (Å²) in [6.45, 7) is 2.79. The number of thioether (sulfide) groups is 1. The minimum absolute atomic E-state index is 0.0360. The van der Waals surface area contributed by atoms with Crippen LogP contribution in [0.2, 0.25) is 0 Å². The van der Waals surface area contributed by atoms with Gasteiger partial charge >= 0.3 is 0 Å². The Kier molecular flexibility index (Phi) is 5.77. The van der Waals surface area contributed by atoms with Crippen molar-refractivity contribution < 1.29 is 9.72 Å². The predicted octanol–water partition coefficient (Wildman–Crippen LogP) is 6.31. The van der Waals surface area contributed by atoms with E-state index in [2.05, 4.69) is 48.0 Å². The summed E-state index contributed by atoms with van der Waals surface area (Å²) in [4.78, 5) is 25.6. The van der Waals surface area contributed by atoms with Crippen LogP contribution in [0.4, 0.5) is 11.4 Å². The number of carbonyl (C=O) groups is 1. The zero-order valence-corrected chi connectivity index (χ0v) is 19.8. The maximum Gasteiger partial charge on any atom is 0.270 e. The number of nitro benzene ring substituents is 1. The molecular weight excluding hydrogens is 466 g/mol. The van der Waals surface area contributed by atoms with Crippen LogP contribution in [0.1, 0.15) is 16.7 Å². The fourth-order valence-corrected chi connectivity index (χ4v) is 5.26. The summed E-state index contributed by atoms with van der Waals surface area (Å²) in [7, 11) is 0. The zero-order valence-electron chi connectivity index (χ0n) is 18.2. The third-order valence-electron chi connectivity index (χ3n) is 5.69. The van der Waals surface area contributed by atoms with E-state index in [1.807, 2.05) is 24.3 Å². The smallest absolute Gasteiger partial charge is 0.270 e. The first-order valence-corrected chi connectivity index (χ1v) is 11.8. The van der Waals surface area contributed by atoms with Crippen molar-refractivity contribution in [3.8, 4) is 0 Å². The molecule has 0 aliphatic carbocycles. The Morgan fingerprint density at radius 2 is 1.74 bits per heavy atom. The molecule has 1 fully saturated rings. The van der Waals surface area contributed by atoms with E-state index < -0.39 is 4.92 Å². The Morgan fingerprint density at radius 3 is 2.44 bits per heavy atom. The molecule has 6 nitrogen and oxygen atoms in total. The molecule has 0 bridgehead atoms. The molecule has 168 valence electrons. The molecule has 0 N–H and O–H groups in total. The molecular formula is C26H19N3O3S2. The third-order valence-corrected chi connectivity index (χ3v) is 6.99. The minimum Gasteiger partial charge on any atom is -0.342 e. The van der Waals surface area contributed by atoms with Crippen molar-refractivity contribution in [3.05, 3.63) is 111 Å². The average Bonchev–Trinajstić information content (AvgIpc) is 3.31. The lowest BCUT2D eigenvalue weighted by Gasteiger charge is -2.13. The van der Waals surface area contributed by atoms with Crippen LogP contribution < -0.4 is 4.90 Å². The highest BCUT2D eigenvalue weighted by atomic mass is 32.2. The highest BCUT2D eigenvalue weighted by Crippen LogP contribution is 2.37. The van der Waals surface area contributed by atoms with Crippen molar-refractivity contribution in [3.63, 3.8) is 0 Å². The SMILES string of the molecule is Cc1ccc(Cn2cc(/C=C3/SC(=S)N(c4ccc([N+](=O)[O-])cc4)C3=O)c3ccccc32)cc1. The molecule has 0 saturated carbocycles. The number of nitrogens with zero attached hydrogens (tertiary/aromatic N) is 3. The molecule has 0 radical (unpaired) electrons. The number of rotatable bonds is 5. The van der Waals surface area contributed by atoms with E-state index in [-0.39, 0.29) is 11.6 Å². The lowest BCUT2D eigenvalue weighted by Crippen LogP contribution is -2.27. The molecule has 0 atom stereocenters. The van der Waals surface area contributed by atoms with Gasteiger partial charge in [-0.25, -0.2) is 0 Å². The lowest BCUT2D eigenvalue weighted by atomic mass is 10.1. The minimum atomic E-state index is -0.472. The number of hydrogen-bond acceptors (Lipinski definition) is 5. The van der Waals surface area contributed by atoms with Gasteiger partial charge in [0.15, 0.2) is 4.32 Å². The summed E-state index contributed by atoms with van der Waals surface area (Å²) >= 11 is 6.69. The summed E-state index contributed by atoms with van der Waals surface area (Å²) < 4.78 is 2.58. The number of nitro groups is 1. The van der Waals surface area contributed by atoms with Crippen molar-refractivity contribution in [2.45, 2.75) is 13.5 Å². The molecule has 1 aliphatic rings. The summed E-state index contributed by atoms with van der Waals surface area (Å²) in [6.07, 6.45) is 3.93. The number of aromatic nitrogens is 1. The Balaban J connectivity index is 1.48. The van der Waals surface area contributed by atoms with Gasteiger partial charge in [0.25, 0.3) is 11.6 Å². The quantitative estimate of drug-likeness (QED) is 0.143. The highest BCUT2D eigenvalue weighted by Gasteiger charge is 2.33. The zero-order chi connectivity index (χ0) is 23.8. The van der Waals surface area contributed by atoms with Gasteiger partial charge in [0.05, 0.1) is 15.5 Å². The number of amides is 1. The maximum atomic E-state index is 13.2. The fourth-order valence-electron chi connectivity index (χ4n) is 3.97. The molecule has 1 aliphatic heterocycles.